The molecule has 0 aliphatic carbocycles. The Kier molecular flexibility index (Phi) is 6.50. The lowest BCUT2D eigenvalue weighted by Gasteiger charge is -2.40. The van der Waals surface area contributed by atoms with Gasteiger partial charge in [-0.1, -0.05) is 48.5 Å². The average Bonchev–Trinajstić information content (AvgIpc) is 3.19. The number of carbonyl (C=O) groups excluding carboxylic acids is 1. The molecule has 1 unspecified atom stereocenters. The number of carbonyl (C=O) groups is 1. The SMILES string of the molecule is CCN(CC)c1ccc2c(c1)OC(C)=C(C(=NCc1ccccc1)N(C)C)C21OC(=O)c2ccccc21. The zero-order valence-corrected chi connectivity index (χ0v) is 22.1. The second kappa shape index (κ2) is 9.77. The normalized spacial score (nSPS) is 18.3. The molecule has 6 nitrogen and oxygen atoms in total. The number of aliphatic imine (C=N–C) groups is 1. The molecule has 5 rings (SSSR count). The number of hydrogen-bond acceptors (Lipinski definition) is 5. The van der Waals surface area contributed by atoms with Gasteiger partial charge < -0.3 is 19.3 Å². The molecule has 190 valence electrons. The zero-order valence-electron chi connectivity index (χ0n) is 22.1. The molecule has 2 aliphatic heterocycles. The van der Waals surface area contributed by atoms with Gasteiger partial charge in [0, 0.05) is 50.1 Å². The van der Waals surface area contributed by atoms with Gasteiger partial charge in [-0.3, -0.25) is 4.99 Å². The molecule has 2 aliphatic rings. The third kappa shape index (κ3) is 4.06. The Morgan fingerprint density at radius 1 is 0.919 bits per heavy atom. The van der Waals surface area contributed by atoms with Crippen LogP contribution in [0, 0.1) is 0 Å². The number of fused-ring (bicyclic) bond motifs is 4. The number of ether oxygens (including phenoxy) is 2. The second-order valence-electron chi connectivity index (χ2n) is 9.52. The Labute approximate surface area is 218 Å². The Morgan fingerprint density at radius 2 is 1.62 bits per heavy atom. The van der Waals surface area contributed by atoms with E-state index in [1.54, 1.807) is 0 Å². The van der Waals surface area contributed by atoms with Crippen LogP contribution in [0.3, 0.4) is 0 Å². The zero-order chi connectivity index (χ0) is 26.2. The van der Waals surface area contributed by atoms with E-state index in [0.29, 0.717) is 29.5 Å². The van der Waals surface area contributed by atoms with Crippen molar-refractivity contribution in [1.29, 1.82) is 0 Å². The van der Waals surface area contributed by atoms with Gasteiger partial charge in [0.25, 0.3) is 0 Å². The minimum atomic E-state index is -1.16. The first-order valence-electron chi connectivity index (χ1n) is 12.8. The third-order valence-electron chi connectivity index (χ3n) is 7.11. The maximum atomic E-state index is 13.3. The predicted octanol–water partition coefficient (Wildman–Crippen LogP) is 5.77. The van der Waals surface area contributed by atoms with E-state index >= 15 is 0 Å². The molecule has 0 fully saturated rings. The van der Waals surface area contributed by atoms with Crippen LogP contribution in [0.15, 0.2) is 89.1 Å². The summed E-state index contributed by atoms with van der Waals surface area (Å²) in [5.41, 5.74) is 3.93. The highest BCUT2D eigenvalue weighted by atomic mass is 16.6. The van der Waals surface area contributed by atoms with Gasteiger partial charge in [0.15, 0.2) is 5.60 Å². The summed E-state index contributed by atoms with van der Waals surface area (Å²) in [7, 11) is 3.92. The minimum absolute atomic E-state index is 0.345. The van der Waals surface area contributed by atoms with Crippen LogP contribution in [0.2, 0.25) is 0 Å². The summed E-state index contributed by atoms with van der Waals surface area (Å²) in [5, 5.41) is 0. The third-order valence-corrected chi connectivity index (χ3v) is 7.11. The molecule has 3 aromatic rings. The van der Waals surface area contributed by atoms with Crippen LogP contribution in [0.5, 0.6) is 5.75 Å². The van der Waals surface area contributed by atoms with E-state index in [1.807, 2.05) is 74.4 Å². The molecule has 0 saturated heterocycles. The van der Waals surface area contributed by atoms with Crippen molar-refractivity contribution in [3.8, 4) is 5.75 Å². The quantitative estimate of drug-likeness (QED) is 0.247. The summed E-state index contributed by atoms with van der Waals surface area (Å²) in [6, 6.07) is 23.9. The Hall–Kier alpha value is -4.06. The van der Waals surface area contributed by atoms with Gasteiger partial charge in [0.2, 0.25) is 0 Å². The molecule has 6 heteroatoms. The van der Waals surface area contributed by atoms with Crippen molar-refractivity contribution in [3.63, 3.8) is 0 Å². The monoisotopic (exact) mass is 495 g/mol. The van der Waals surface area contributed by atoms with Crippen molar-refractivity contribution in [1.82, 2.24) is 4.90 Å². The van der Waals surface area contributed by atoms with Crippen molar-refractivity contribution in [2.24, 2.45) is 4.99 Å². The number of esters is 1. The van der Waals surface area contributed by atoms with Gasteiger partial charge in [-0.2, -0.15) is 0 Å². The van der Waals surface area contributed by atoms with E-state index in [-0.39, 0.29) is 5.97 Å². The number of hydrogen-bond donors (Lipinski definition) is 0. The van der Waals surface area contributed by atoms with Crippen LogP contribution in [-0.4, -0.2) is 43.9 Å². The molecule has 2 heterocycles. The molecule has 1 spiro atoms. The minimum Gasteiger partial charge on any atom is -0.461 e. The van der Waals surface area contributed by atoms with Crippen LogP contribution in [0.1, 0.15) is 47.8 Å². The molecule has 37 heavy (non-hydrogen) atoms. The van der Waals surface area contributed by atoms with Crippen LogP contribution in [0.25, 0.3) is 0 Å². The largest absolute Gasteiger partial charge is 0.461 e. The summed E-state index contributed by atoms with van der Waals surface area (Å²) in [4.78, 5) is 22.6. The second-order valence-corrected chi connectivity index (χ2v) is 9.52. The molecule has 0 saturated carbocycles. The van der Waals surface area contributed by atoms with Gasteiger partial charge in [-0.05, 0) is 44.5 Å². The lowest BCUT2D eigenvalue weighted by Crippen LogP contribution is -2.42. The maximum absolute atomic E-state index is 13.3. The molecule has 3 aromatic carbocycles. The summed E-state index contributed by atoms with van der Waals surface area (Å²) >= 11 is 0. The van der Waals surface area contributed by atoms with Gasteiger partial charge in [0.05, 0.1) is 17.7 Å². The van der Waals surface area contributed by atoms with Gasteiger partial charge in [0.1, 0.15) is 17.3 Å². The van der Waals surface area contributed by atoms with E-state index in [1.165, 1.54) is 0 Å². The fraction of sp³-hybridized carbons (Fsp3) is 0.290. The number of likely N-dealkylation sites (N-methyl/N-ethyl adjacent to an activating group) is 1. The topological polar surface area (TPSA) is 54.4 Å². The number of amidine groups is 1. The van der Waals surface area contributed by atoms with Crippen LogP contribution >= 0.6 is 0 Å². The maximum Gasteiger partial charge on any atom is 0.340 e. The lowest BCUT2D eigenvalue weighted by atomic mass is 9.76. The van der Waals surface area contributed by atoms with E-state index in [0.717, 1.165) is 41.0 Å². The molecular formula is C31H33N3O3. The van der Waals surface area contributed by atoms with Crippen molar-refractivity contribution in [2.75, 3.05) is 32.1 Å². The summed E-state index contributed by atoms with van der Waals surface area (Å²) in [6.45, 7) is 8.46. The standard InChI is InChI=1S/C31H33N3O3/c1-6-34(7-2)23-17-18-26-27(19-23)36-21(3)28(29(33(4)5)32-20-22-13-9-8-10-14-22)31(26)25-16-12-11-15-24(25)30(35)37-31/h8-19H,6-7,20H2,1-5H3. The first-order valence-corrected chi connectivity index (χ1v) is 12.8. The van der Waals surface area contributed by atoms with E-state index in [4.69, 9.17) is 14.5 Å². The van der Waals surface area contributed by atoms with Crippen LogP contribution < -0.4 is 9.64 Å². The predicted molar refractivity (Wildman–Crippen MR) is 147 cm³/mol. The molecule has 0 amide bonds. The highest BCUT2D eigenvalue weighted by Crippen LogP contribution is 2.54. The lowest BCUT2D eigenvalue weighted by molar-refractivity contribution is 0.0219. The number of allylic oxidation sites excluding steroid dienone is 1. The first-order chi connectivity index (χ1) is 17.9. The van der Waals surface area contributed by atoms with E-state index in [9.17, 15) is 4.79 Å². The fourth-order valence-electron chi connectivity index (χ4n) is 5.38. The average molecular weight is 496 g/mol. The summed E-state index contributed by atoms with van der Waals surface area (Å²) in [5.74, 6) is 1.72. The van der Waals surface area contributed by atoms with E-state index in [2.05, 4.69) is 43.0 Å². The van der Waals surface area contributed by atoms with Crippen LogP contribution in [0.4, 0.5) is 5.69 Å². The highest BCUT2D eigenvalue weighted by Gasteiger charge is 2.56. The van der Waals surface area contributed by atoms with Gasteiger partial charge >= 0.3 is 5.97 Å². The Bertz CT molecular complexity index is 1390. The molecule has 0 aromatic heterocycles. The number of anilines is 1. The van der Waals surface area contributed by atoms with Crippen molar-refractivity contribution in [3.05, 3.63) is 106 Å². The number of nitrogens with zero attached hydrogens (tertiary/aromatic N) is 3. The van der Waals surface area contributed by atoms with Gasteiger partial charge in [-0.25, -0.2) is 4.79 Å². The van der Waals surface area contributed by atoms with Gasteiger partial charge in [-0.15, -0.1) is 0 Å². The number of rotatable bonds is 6. The summed E-state index contributed by atoms with van der Waals surface area (Å²) in [6.07, 6.45) is 0. The molecule has 0 bridgehead atoms. The first kappa shape index (κ1) is 24.6. The highest BCUT2D eigenvalue weighted by molar-refractivity contribution is 6.06. The fourth-order valence-corrected chi connectivity index (χ4v) is 5.38. The van der Waals surface area contributed by atoms with Crippen molar-refractivity contribution in [2.45, 2.75) is 32.9 Å². The van der Waals surface area contributed by atoms with Crippen molar-refractivity contribution < 1.29 is 14.3 Å². The Balaban J connectivity index is 1.74. The van der Waals surface area contributed by atoms with Crippen LogP contribution in [-0.2, 0) is 16.9 Å². The van der Waals surface area contributed by atoms with Crippen molar-refractivity contribution >= 4 is 17.5 Å². The molecule has 0 radical (unpaired) electrons. The van der Waals surface area contributed by atoms with E-state index < -0.39 is 5.60 Å². The Morgan fingerprint density at radius 3 is 2.32 bits per heavy atom. The summed E-state index contributed by atoms with van der Waals surface area (Å²) < 4.78 is 12.9. The smallest absolute Gasteiger partial charge is 0.340 e. The molecule has 1 atom stereocenters. The molecule has 0 N–H and O–H groups in total. The number of benzene rings is 3. The molecular weight excluding hydrogens is 462 g/mol.